The molecule has 2 amide bonds. The van der Waals surface area contributed by atoms with Gasteiger partial charge < -0.3 is 5.73 Å². The number of carbonyl (C=O) groups is 2. The van der Waals surface area contributed by atoms with Gasteiger partial charge in [0.2, 0.25) is 11.8 Å². The summed E-state index contributed by atoms with van der Waals surface area (Å²) in [7, 11) is 0. The van der Waals surface area contributed by atoms with Crippen LogP contribution in [-0.2, 0) is 9.59 Å². The van der Waals surface area contributed by atoms with Gasteiger partial charge in [0.15, 0.2) is 0 Å². The van der Waals surface area contributed by atoms with E-state index in [0.717, 1.165) is 8.66 Å². The lowest BCUT2D eigenvalue weighted by Crippen LogP contribution is -2.60. The number of hydrogen-bond acceptors (Lipinski definition) is 5. The van der Waals surface area contributed by atoms with Crippen LogP contribution in [0.25, 0.3) is 0 Å². The Morgan fingerprint density at radius 2 is 2.25 bits per heavy atom. The Labute approximate surface area is 130 Å². The molecule has 20 heavy (non-hydrogen) atoms. The number of rotatable bonds is 4. The summed E-state index contributed by atoms with van der Waals surface area (Å²) in [5, 5.41) is 2.39. The number of thiophene rings is 1. The number of hydrogen-bond donors (Lipinski definition) is 2. The highest BCUT2D eigenvalue weighted by Crippen LogP contribution is 2.34. The van der Waals surface area contributed by atoms with E-state index < -0.39 is 0 Å². The van der Waals surface area contributed by atoms with Crippen LogP contribution in [0, 0.1) is 0 Å². The summed E-state index contributed by atoms with van der Waals surface area (Å²) in [4.78, 5) is 26.7. The van der Waals surface area contributed by atoms with Gasteiger partial charge >= 0.3 is 0 Å². The van der Waals surface area contributed by atoms with Gasteiger partial charge in [-0.1, -0.05) is 6.92 Å². The minimum Gasteiger partial charge on any atom is -0.326 e. The fraction of sp³-hybridized carbons (Fsp3) is 0.538. The number of nitrogens with two attached hydrogens (primary N) is 1. The van der Waals surface area contributed by atoms with Gasteiger partial charge in [0.1, 0.15) is 0 Å². The van der Waals surface area contributed by atoms with E-state index in [0.29, 0.717) is 6.42 Å². The average molecular weight is 360 g/mol. The molecule has 1 fully saturated rings. The van der Waals surface area contributed by atoms with Crippen LogP contribution in [0.3, 0.4) is 0 Å². The van der Waals surface area contributed by atoms with Gasteiger partial charge in [0.05, 0.1) is 22.4 Å². The predicted molar refractivity (Wildman–Crippen MR) is 82.3 cm³/mol. The molecule has 0 aliphatic carbocycles. The van der Waals surface area contributed by atoms with E-state index in [1.165, 1.54) is 0 Å². The summed E-state index contributed by atoms with van der Waals surface area (Å²) >= 11 is 5.03. The fourth-order valence-electron chi connectivity index (χ4n) is 2.61. The van der Waals surface area contributed by atoms with Crippen molar-refractivity contribution in [3.63, 3.8) is 0 Å². The molecule has 0 bridgehead atoms. The van der Waals surface area contributed by atoms with Crippen molar-refractivity contribution < 1.29 is 9.59 Å². The highest BCUT2D eigenvalue weighted by Gasteiger charge is 2.39. The molecule has 0 spiro atoms. The lowest BCUT2D eigenvalue weighted by Gasteiger charge is -2.40. The van der Waals surface area contributed by atoms with E-state index in [-0.39, 0.29) is 36.5 Å². The smallest absolute Gasteiger partial charge is 0.243 e. The zero-order valence-electron chi connectivity index (χ0n) is 11.4. The second-order valence-corrected chi connectivity index (χ2v) is 7.45. The zero-order valence-corrected chi connectivity index (χ0v) is 13.8. The Morgan fingerprint density at radius 3 is 2.75 bits per heavy atom. The Hall–Kier alpha value is -0.760. The first-order valence-electron chi connectivity index (χ1n) is 6.54. The molecule has 1 aromatic heterocycles. The quantitative estimate of drug-likeness (QED) is 0.801. The van der Waals surface area contributed by atoms with Crippen LogP contribution in [0.2, 0.25) is 0 Å². The molecule has 0 aromatic carbocycles. The lowest BCUT2D eigenvalue weighted by atomic mass is 10.0. The third-order valence-electron chi connectivity index (χ3n) is 3.42. The highest BCUT2D eigenvalue weighted by atomic mass is 79.9. The van der Waals surface area contributed by atoms with Crippen molar-refractivity contribution in [1.29, 1.82) is 0 Å². The molecule has 3 unspecified atom stereocenters. The van der Waals surface area contributed by atoms with Gasteiger partial charge in [-0.05, 0) is 41.4 Å². The van der Waals surface area contributed by atoms with Crippen molar-refractivity contribution in [2.75, 3.05) is 6.54 Å². The van der Waals surface area contributed by atoms with Crippen molar-refractivity contribution in [2.45, 2.75) is 38.4 Å². The number of nitrogens with zero attached hydrogens (tertiary/aromatic N) is 1. The zero-order chi connectivity index (χ0) is 14.9. The molecule has 2 rings (SSSR count). The first-order chi connectivity index (χ1) is 9.43. The van der Waals surface area contributed by atoms with E-state index >= 15 is 0 Å². The van der Waals surface area contributed by atoms with Gasteiger partial charge in [-0.15, -0.1) is 11.3 Å². The molecular formula is C13H18BrN3O2S. The van der Waals surface area contributed by atoms with Gasteiger partial charge in [0, 0.05) is 10.9 Å². The molecule has 0 radical (unpaired) electrons. The van der Waals surface area contributed by atoms with Gasteiger partial charge in [-0.3, -0.25) is 19.8 Å². The molecule has 3 N–H and O–H groups in total. The number of nitrogens with one attached hydrogen (secondary N) is 1. The fourth-order valence-corrected chi connectivity index (χ4v) is 4.27. The molecular weight excluding hydrogens is 342 g/mol. The predicted octanol–water partition coefficient (Wildman–Crippen LogP) is 1.64. The normalized spacial score (nSPS) is 23.5. The van der Waals surface area contributed by atoms with Crippen LogP contribution in [0.5, 0.6) is 0 Å². The van der Waals surface area contributed by atoms with E-state index in [1.807, 2.05) is 30.9 Å². The van der Waals surface area contributed by atoms with E-state index in [2.05, 4.69) is 21.2 Å². The van der Waals surface area contributed by atoms with Crippen LogP contribution >= 0.6 is 27.3 Å². The lowest BCUT2D eigenvalue weighted by molar-refractivity contribution is -0.142. The minimum atomic E-state index is -0.315. The molecule has 0 saturated carbocycles. The number of carbonyl (C=O) groups excluding carboxylic acids is 2. The summed E-state index contributed by atoms with van der Waals surface area (Å²) in [6.45, 7) is 4.05. The van der Waals surface area contributed by atoms with E-state index in [9.17, 15) is 9.59 Å². The Balaban J connectivity index is 2.36. The second-order valence-electron chi connectivity index (χ2n) is 4.95. The molecule has 1 aliphatic heterocycles. The third kappa shape index (κ3) is 3.11. The summed E-state index contributed by atoms with van der Waals surface area (Å²) in [5.74, 6) is -0.494. The number of halogens is 1. The summed E-state index contributed by atoms with van der Waals surface area (Å²) < 4.78 is 1.01. The monoisotopic (exact) mass is 359 g/mol. The van der Waals surface area contributed by atoms with Gasteiger partial charge in [0.25, 0.3) is 0 Å². The topological polar surface area (TPSA) is 75.4 Å². The summed E-state index contributed by atoms with van der Waals surface area (Å²) in [6, 6.07) is 3.33. The SMILES string of the molecule is CCC1C(=O)NC(=O)CN1C(c1ccc(Br)s1)C(C)N. The standard InChI is InChI=1S/C13H18BrN3O2S/c1-3-8-13(19)16-11(18)6-17(8)12(7(2)15)9-4-5-10(14)20-9/h4-5,7-8,12H,3,6,15H2,1-2H3,(H,16,18,19). The third-order valence-corrected chi connectivity index (χ3v) is 5.11. The van der Waals surface area contributed by atoms with Crippen LogP contribution in [0.1, 0.15) is 31.2 Å². The first kappa shape index (κ1) is 15.6. The number of piperazine rings is 1. The Kier molecular flexibility index (Phi) is 4.95. The van der Waals surface area contributed by atoms with Crippen molar-refractivity contribution in [3.8, 4) is 0 Å². The van der Waals surface area contributed by atoms with Crippen LogP contribution < -0.4 is 11.1 Å². The van der Waals surface area contributed by atoms with Gasteiger partial charge in [-0.25, -0.2) is 0 Å². The molecule has 5 nitrogen and oxygen atoms in total. The van der Waals surface area contributed by atoms with Gasteiger partial charge in [-0.2, -0.15) is 0 Å². The highest BCUT2D eigenvalue weighted by molar-refractivity contribution is 9.11. The largest absolute Gasteiger partial charge is 0.326 e. The molecule has 110 valence electrons. The van der Waals surface area contributed by atoms with Crippen molar-refractivity contribution in [2.24, 2.45) is 5.73 Å². The van der Waals surface area contributed by atoms with Crippen molar-refractivity contribution in [3.05, 3.63) is 20.8 Å². The average Bonchev–Trinajstić information content (AvgIpc) is 2.75. The molecule has 7 heteroatoms. The molecule has 2 heterocycles. The molecule has 1 aliphatic rings. The maximum Gasteiger partial charge on any atom is 0.243 e. The second kappa shape index (κ2) is 6.34. The Morgan fingerprint density at radius 1 is 1.55 bits per heavy atom. The maximum absolute atomic E-state index is 12.0. The molecule has 1 saturated heterocycles. The summed E-state index contributed by atoms with van der Waals surface area (Å²) in [5.41, 5.74) is 6.12. The first-order valence-corrected chi connectivity index (χ1v) is 8.15. The molecule has 3 atom stereocenters. The molecule has 1 aromatic rings. The van der Waals surface area contributed by atoms with E-state index in [4.69, 9.17) is 5.73 Å². The van der Waals surface area contributed by atoms with Crippen molar-refractivity contribution >= 4 is 39.1 Å². The van der Waals surface area contributed by atoms with E-state index in [1.54, 1.807) is 11.3 Å². The van der Waals surface area contributed by atoms with Crippen molar-refractivity contribution in [1.82, 2.24) is 10.2 Å². The van der Waals surface area contributed by atoms with Crippen LogP contribution in [-0.4, -0.2) is 35.3 Å². The van der Waals surface area contributed by atoms with Crippen LogP contribution in [0.15, 0.2) is 15.9 Å². The number of imide groups is 1. The Bertz CT molecular complexity index is 517. The minimum absolute atomic E-state index is 0.133. The maximum atomic E-state index is 12.0. The number of amides is 2. The van der Waals surface area contributed by atoms with Crippen LogP contribution in [0.4, 0.5) is 0 Å². The summed E-state index contributed by atoms with van der Waals surface area (Å²) in [6.07, 6.45) is 0.648.